The van der Waals surface area contributed by atoms with Crippen LogP contribution in [0.2, 0.25) is 0 Å². The maximum absolute atomic E-state index is 11.5. The van der Waals surface area contributed by atoms with E-state index in [2.05, 4.69) is 53.7 Å². The Morgan fingerprint density at radius 3 is 2.25 bits per heavy atom. The fourth-order valence-corrected chi connectivity index (χ4v) is 4.11. The molecule has 3 unspecified atom stereocenters. The zero-order chi connectivity index (χ0) is 15.1. The summed E-state index contributed by atoms with van der Waals surface area (Å²) in [6.45, 7) is 13.2. The molecule has 1 nitrogen and oxygen atoms in total. The molecule has 1 fully saturated rings. The summed E-state index contributed by atoms with van der Waals surface area (Å²) in [5.74, 6) is 1.50. The molecule has 1 N–H and O–H groups in total. The molecule has 1 aromatic rings. The molecule has 0 aromatic heterocycles. The minimum Gasteiger partial charge on any atom is -0.385 e. The maximum atomic E-state index is 11.5. The van der Waals surface area contributed by atoms with Gasteiger partial charge in [-0.2, -0.15) is 0 Å². The molecule has 0 bridgehead atoms. The summed E-state index contributed by atoms with van der Waals surface area (Å²) >= 11 is 0. The van der Waals surface area contributed by atoms with Gasteiger partial charge in [-0.05, 0) is 73.6 Å². The molecule has 112 valence electrons. The first kappa shape index (κ1) is 15.6. The van der Waals surface area contributed by atoms with Crippen molar-refractivity contribution in [1.82, 2.24) is 0 Å². The Bertz CT molecular complexity index is 489. The number of rotatable bonds is 2. The molecule has 0 aliphatic heterocycles. The van der Waals surface area contributed by atoms with E-state index in [1.807, 2.05) is 0 Å². The highest BCUT2D eigenvalue weighted by molar-refractivity contribution is 5.40. The zero-order valence-electron chi connectivity index (χ0n) is 14.0. The molecule has 1 saturated carbocycles. The largest absolute Gasteiger partial charge is 0.385 e. The second-order valence-corrected chi connectivity index (χ2v) is 7.41. The minimum absolute atomic E-state index is 0.375. The second-order valence-electron chi connectivity index (χ2n) is 7.41. The summed E-state index contributed by atoms with van der Waals surface area (Å²) in [6, 6.07) is 4.47. The minimum atomic E-state index is -0.644. The van der Waals surface area contributed by atoms with E-state index in [0.717, 1.165) is 12.8 Å². The summed E-state index contributed by atoms with van der Waals surface area (Å²) in [4.78, 5) is 0. The van der Waals surface area contributed by atoms with Crippen molar-refractivity contribution in [2.24, 2.45) is 17.8 Å². The molecule has 1 aromatic carbocycles. The van der Waals surface area contributed by atoms with Crippen LogP contribution < -0.4 is 0 Å². The lowest BCUT2D eigenvalue weighted by Gasteiger charge is -2.46. The van der Waals surface area contributed by atoms with E-state index in [0.29, 0.717) is 17.8 Å². The molecule has 3 atom stereocenters. The molecule has 0 spiro atoms. The topological polar surface area (TPSA) is 20.2 Å². The fourth-order valence-electron chi connectivity index (χ4n) is 4.11. The highest BCUT2D eigenvalue weighted by Gasteiger charge is 2.44. The van der Waals surface area contributed by atoms with Gasteiger partial charge in [-0.15, -0.1) is 0 Å². The van der Waals surface area contributed by atoms with Gasteiger partial charge in [0.15, 0.2) is 0 Å². The Kier molecular flexibility index (Phi) is 4.30. The van der Waals surface area contributed by atoms with Gasteiger partial charge in [-0.1, -0.05) is 39.3 Å². The summed E-state index contributed by atoms with van der Waals surface area (Å²) in [7, 11) is 0. The number of hydrogen-bond acceptors (Lipinski definition) is 1. The van der Waals surface area contributed by atoms with Crippen molar-refractivity contribution in [3.63, 3.8) is 0 Å². The van der Waals surface area contributed by atoms with E-state index < -0.39 is 5.60 Å². The van der Waals surface area contributed by atoms with Gasteiger partial charge in [0.25, 0.3) is 0 Å². The molecular formula is C19H30O. The van der Waals surface area contributed by atoms with Crippen molar-refractivity contribution in [3.8, 4) is 0 Å². The van der Waals surface area contributed by atoms with E-state index in [-0.39, 0.29) is 0 Å². The van der Waals surface area contributed by atoms with Gasteiger partial charge >= 0.3 is 0 Å². The van der Waals surface area contributed by atoms with Crippen LogP contribution in [0.1, 0.15) is 62.3 Å². The Labute approximate surface area is 124 Å². The van der Waals surface area contributed by atoms with Crippen molar-refractivity contribution < 1.29 is 5.11 Å². The average Bonchev–Trinajstić information content (AvgIpc) is 2.32. The lowest BCUT2D eigenvalue weighted by Crippen LogP contribution is -2.43. The van der Waals surface area contributed by atoms with E-state index >= 15 is 0 Å². The molecule has 0 heterocycles. The maximum Gasteiger partial charge on any atom is 0.0932 e. The van der Waals surface area contributed by atoms with Gasteiger partial charge in [0.2, 0.25) is 0 Å². The Hall–Kier alpha value is -0.820. The molecule has 20 heavy (non-hydrogen) atoms. The second kappa shape index (κ2) is 5.52. The third kappa shape index (κ3) is 2.65. The number of aryl methyl sites for hydroxylation is 3. The summed E-state index contributed by atoms with van der Waals surface area (Å²) in [6.07, 6.45) is 3.29. The van der Waals surface area contributed by atoms with Gasteiger partial charge in [-0.3, -0.25) is 0 Å². The first-order valence-electron chi connectivity index (χ1n) is 8.06. The van der Waals surface area contributed by atoms with Crippen LogP contribution >= 0.6 is 0 Å². The van der Waals surface area contributed by atoms with E-state index in [4.69, 9.17) is 0 Å². The van der Waals surface area contributed by atoms with Crippen molar-refractivity contribution in [3.05, 3.63) is 34.4 Å². The highest BCUT2D eigenvalue weighted by Crippen LogP contribution is 2.48. The highest BCUT2D eigenvalue weighted by atomic mass is 16.3. The van der Waals surface area contributed by atoms with Gasteiger partial charge in [0.1, 0.15) is 0 Å². The Morgan fingerprint density at radius 1 is 1.05 bits per heavy atom. The zero-order valence-corrected chi connectivity index (χ0v) is 14.0. The van der Waals surface area contributed by atoms with Crippen molar-refractivity contribution in [2.75, 3.05) is 0 Å². The quantitative estimate of drug-likeness (QED) is 0.814. The van der Waals surface area contributed by atoms with Crippen molar-refractivity contribution in [1.29, 1.82) is 0 Å². The van der Waals surface area contributed by atoms with E-state index in [1.54, 1.807) is 0 Å². The number of benzene rings is 1. The lowest BCUT2D eigenvalue weighted by atomic mass is 9.63. The first-order valence-corrected chi connectivity index (χ1v) is 8.06. The van der Waals surface area contributed by atoms with Crippen LogP contribution in [0, 0.1) is 38.5 Å². The van der Waals surface area contributed by atoms with Crippen LogP contribution in [-0.4, -0.2) is 5.11 Å². The number of aliphatic hydroxyl groups is 1. The average molecular weight is 274 g/mol. The van der Waals surface area contributed by atoms with Crippen molar-refractivity contribution >= 4 is 0 Å². The summed E-state index contributed by atoms with van der Waals surface area (Å²) < 4.78 is 0. The SMILES string of the molecule is Cc1cc(C)c(C2(O)CC(C)CCC2C(C)C)cc1C. The lowest BCUT2D eigenvalue weighted by molar-refractivity contribution is -0.0870. The van der Waals surface area contributed by atoms with E-state index in [9.17, 15) is 5.11 Å². The van der Waals surface area contributed by atoms with Crippen LogP contribution in [0.5, 0.6) is 0 Å². The first-order chi connectivity index (χ1) is 9.25. The molecule has 0 saturated heterocycles. The Morgan fingerprint density at radius 2 is 1.65 bits per heavy atom. The standard InChI is InChI=1S/C19H30O/c1-12(2)17-8-7-13(3)11-19(17,20)18-10-15(5)14(4)9-16(18)6/h9-10,12-13,17,20H,7-8,11H2,1-6H3. The van der Waals surface area contributed by atoms with Gasteiger partial charge in [-0.25, -0.2) is 0 Å². The molecule has 1 aliphatic carbocycles. The monoisotopic (exact) mass is 274 g/mol. The number of hydrogen-bond donors (Lipinski definition) is 1. The van der Waals surface area contributed by atoms with Crippen LogP contribution in [-0.2, 0) is 5.60 Å². The fraction of sp³-hybridized carbons (Fsp3) is 0.684. The van der Waals surface area contributed by atoms with Gasteiger partial charge < -0.3 is 5.11 Å². The van der Waals surface area contributed by atoms with Crippen LogP contribution in [0.15, 0.2) is 12.1 Å². The van der Waals surface area contributed by atoms with E-state index in [1.165, 1.54) is 28.7 Å². The Balaban J connectivity index is 2.52. The smallest absolute Gasteiger partial charge is 0.0932 e. The molecule has 0 radical (unpaired) electrons. The van der Waals surface area contributed by atoms with Crippen molar-refractivity contribution in [2.45, 2.75) is 66.4 Å². The molecule has 1 heteroatoms. The van der Waals surface area contributed by atoms with Gasteiger partial charge in [0, 0.05) is 0 Å². The van der Waals surface area contributed by atoms with Crippen LogP contribution in [0.25, 0.3) is 0 Å². The normalized spacial score (nSPS) is 30.8. The predicted octanol–water partition coefficient (Wildman–Crippen LogP) is 4.89. The predicted molar refractivity (Wildman–Crippen MR) is 85.9 cm³/mol. The summed E-state index contributed by atoms with van der Waals surface area (Å²) in [5.41, 5.74) is 4.38. The molecule has 1 aliphatic rings. The molecule has 0 amide bonds. The third-order valence-corrected chi connectivity index (χ3v) is 5.36. The van der Waals surface area contributed by atoms with Crippen LogP contribution in [0.3, 0.4) is 0 Å². The third-order valence-electron chi connectivity index (χ3n) is 5.36. The summed E-state index contributed by atoms with van der Waals surface area (Å²) in [5, 5.41) is 11.5. The molecule has 2 rings (SSSR count). The van der Waals surface area contributed by atoms with Gasteiger partial charge in [0.05, 0.1) is 5.60 Å². The van der Waals surface area contributed by atoms with Crippen LogP contribution in [0.4, 0.5) is 0 Å². The molecular weight excluding hydrogens is 244 g/mol.